The van der Waals surface area contributed by atoms with Gasteiger partial charge in [0.15, 0.2) is 0 Å². The number of rotatable bonds is 4. The average molecular weight is 421 g/mol. The van der Waals surface area contributed by atoms with Gasteiger partial charge in [0.2, 0.25) is 0 Å². The van der Waals surface area contributed by atoms with E-state index < -0.39 is 0 Å². The Bertz CT molecular complexity index is 1540. The molecule has 156 valence electrons. The molecule has 1 amide bonds. The number of hydrogen-bond donors (Lipinski definition) is 1. The lowest BCUT2D eigenvalue weighted by Gasteiger charge is -2.08. The van der Waals surface area contributed by atoms with E-state index in [-0.39, 0.29) is 5.91 Å². The zero-order chi connectivity index (χ0) is 22.2. The highest BCUT2D eigenvalue weighted by Crippen LogP contribution is 2.27. The largest absolute Gasteiger partial charge is 0.320 e. The number of aryl methyl sites for hydroxylation is 2. The number of imidazole rings is 1. The predicted octanol–water partition coefficient (Wildman–Crippen LogP) is 3.87. The number of nitrogens with zero attached hydrogens (tertiary/aromatic N) is 6. The lowest BCUT2D eigenvalue weighted by atomic mass is 10.1. The van der Waals surface area contributed by atoms with Crippen molar-refractivity contribution in [1.82, 2.24) is 24.1 Å². The molecule has 8 heteroatoms. The number of nitriles is 1. The predicted molar refractivity (Wildman–Crippen MR) is 120 cm³/mol. The second-order valence-electron chi connectivity index (χ2n) is 7.57. The van der Waals surface area contributed by atoms with E-state index in [1.807, 2.05) is 54.9 Å². The number of pyridine rings is 2. The van der Waals surface area contributed by atoms with Crippen LogP contribution in [0.1, 0.15) is 33.1 Å². The van der Waals surface area contributed by atoms with Gasteiger partial charge in [-0.25, -0.2) is 4.98 Å². The lowest BCUT2D eigenvalue weighted by molar-refractivity contribution is 0.102. The Kier molecular flexibility index (Phi) is 4.64. The van der Waals surface area contributed by atoms with Crippen LogP contribution in [0.25, 0.3) is 16.6 Å². The minimum atomic E-state index is -0.312. The summed E-state index contributed by atoms with van der Waals surface area (Å²) in [6, 6.07) is 17.1. The summed E-state index contributed by atoms with van der Waals surface area (Å²) in [7, 11) is 0. The number of nitrogens with one attached hydrogen (secondary N) is 1. The van der Waals surface area contributed by atoms with Crippen molar-refractivity contribution in [1.29, 1.82) is 5.26 Å². The van der Waals surface area contributed by atoms with Gasteiger partial charge < -0.3 is 5.32 Å². The fourth-order valence-electron chi connectivity index (χ4n) is 3.89. The number of anilines is 1. The summed E-state index contributed by atoms with van der Waals surface area (Å²) in [5, 5.41) is 17.7. The van der Waals surface area contributed by atoms with Gasteiger partial charge in [-0.3, -0.25) is 18.9 Å². The number of aromatic nitrogens is 5. The molecule has 1 N–H and O–H groups in total. The van der Waals surface area contributed by atoms with E-state index in [1.54, 1.807) is 22.7 Å². The summed E-state index contributed by atoms with van der Waals surface area (Å²) in [4.78, 5) is 21.9. The van der Waals surface area contributed by atoms with Crippen molar-refractivity contribution in [2.45, 2.75) is 20.4 Å². The summed E-state index contributed by atoms with van der Waals surface area (Å²) >= 11 is 0. The number of carbonyl (C=O) groups is 1. The maximum absolute atomic E-state index is 13.1. The monoisotopic (exact) mass is 421 g/mol. The first-order valence-electron chi connectivity index (χ1n) is 10.1. The molecule has 32 heavy (non-hydrogen) atoms. The lowest BCUT2D eigenvalue weighted by Crippen LogP contribution is -2.14. The highest BCUT2D eigenvalue weighted by atomic mass is 16.1. The van der Waals surface area contributed by atoms with Gasteiger partial charge in [-0.2, -0.15) is 10.4 Å². The first kappa shape index (κ1) is 19.5. The Balaban J connectivity index is 1.51. The van der Waals surface area contributed by atoms with Gasteiger partial charge in [-0.15, -0.1) is 0 Å². The Morgan fingerprint density at radius 1 is 1.12 bits per heavy atom. The van der Waals surface area contributed by atoms with Crippen LogP contribution in [0.15, 0.2) is 60.9 Å². The molecule has 0 radical (unpaired) electrons. The van der Waals surface area contributed by atoms with Crippen LogP contribution in [0, 0.1) is 25.2 Å². The Morgan fingerprint density at radius 3 is 2.78 bits per heavy atom. The fraction of sp³-hybridized carbons (Fsp3) is 0.125. The summed E-state index contributed by atoms with van der Waals surface area (Å²) in [5.41, 5.74) is 5.67. The average Bonchev–Trinajstić information content (AvgIpc) is 3.35. The SMILES string of the molecule is Cc1cccc(Cn2nc(C)c3c(NC(=O)c4cnc5ccc(C#N)cn45)cccc32)n1. The quantitative estimate of drug-likeness (QED) is 0.475. The molecular formula is C24H19N7O. The van der Waals surface area contributed by atoms with Crippen LogP contribution in [0.2, 0.25) is 0 Å². The summed E-state index contributed by atoms with van der Waals surface area (Å²) in [6.07, 6.45) is 3.11. The second-order valence-corrected chi connectivity index (χ2v) is 7.57. The molecule has 0 atom stereocenters. The zero-order valence-corrected chi connectivity index (χ0v) is 17.6. The van der Waals surface area contributed by atoms with Crippen molar-refractivity contribution in [3.05, 3.63) is 89.3 Å². The van der Waals surface area contributed by atoms with E-state index in [2.05, 4.69) is 26.5 Å². The van der Waals surface area contributed by atoms with E-state index in [0.29, 0.717) is 29.1 Å². The zero-order valence-electron chi connectivity index (χ0n) is 17.6. The molecular weight excluding hydrogens is 402 g/mol. The van der Waals surface area contributed by atoms with Crippen molar-refractivity contribution in [2.24, 2.45) is 0 Å². The van der Waals surface area contributed by atoms with Crippen molar-refractivity contribution >= 4 is 28.1 Å². The van der Waals surface area contributed by atoms with Gasteiger partial charge in [0, 0.05) is 17.3 Å². The number of fused-ring (bicyclic) bond motifs is 2. The van der Waals surface area contributed by atoms with Crippen LogP contribution < -0.4 is 5.32 Å². The summed E-state index contributed by atoms with van der Waals surface area (Å²) in [5.74, 6) is -0.312. The molecule has 0 bridgehead atoms. The molecule has 0 saturated heterocycles. The maximum Gasteiger partial charge on any atom is 0.274 e. The van der Waals surface area contributed by atoms with E-state index >= 15 is 0 Å². The van der Waals surface area contributed by atoms with Gasteiger partial charge in [0.05, 0.1) is 40.9 Å². The molecule has 1 aromatic carbocycles. The van der Waals surface area contributed by atoms with Crippen LogP contribution in [0.3, 0.4) is 0 Å². The molecule has 0 fully saturated rings. The molecule has 4 aromatic heterocycles. The van der Waals surface area contributed by atoms with Crippen LogP contribution in [-0.4, -0.2) is 30.1 Å². The standard InChI is InChI=1S/C24H19N7O/c1-15-5-3-6-18(27-15)14-31-20-8-4-7-19(23(20)16(2)29-31)28-24(32)21-12-26-22-10-9-17(11-25)13-30(21)22/h3-10,12-13H,14H2,1-2H3,(H,28,32). The number of amides is 1. The van der Waals surface area contributed by atoms with Crippen LogP contribution in [0.4, 0.5) is 5.69 Å². The number of benzene rings is 1. The molecule has 0 aliphatic rings. The minimum Gasteiger partial charge on any atom is -0.320 e. The van der Waals surface area contributed by atoms with Gasteiger partial charge in [0.25, 0.3) is 5.91 Å². The van der Waals surface area contributed by atoms with Crippen LogP contribution in [0.5, 0.6) is 0 Å². The third kappa shape index (κ3) is 3.36. The van der Waals surface area contributed by atoms with Crippen molar-refractivity contribution in [3.8, 4) is 6.07 Å². The third-order valence-corrected chi connectivity index (χ3v) is 5.33. The normalized spacial score (nSPS) is 11.0. The highest BCUT2D eigenvalue weighted by Gasteiger charge is 2.17. The maximum atomic E-state index is 13.1. The van der Waals surface area contributed by atoms with Gasteiger partial charge in [-0.1, -0.05) is 12.1 Å². The molecule has 0 spiro atoms. The number of carbonyl (C=O) groups excluding carboxylic acids is 1. The van der Waals surface area contributed by atoms with Gasteiger partial charge in [0.1, 0.15) is 17.4 Å². The Labute approximate surface area is 183 Å². The van der Waals surface area contributed by atoms with Crippen LogP contribution in [-0.2, 0) is 6.54 Å². The first-order valence-corrected chi connectivity index (χ1v) is 10.1. The van der Waals surface area contributed by atoms with E-state index in [0.717, 1.165) is 28.0 Å². The third-order valence-electron chi connectivity index (χ3n) is 5.33. The first-order chi connectivity index (χ1) is 15.5. The summed E-state index contributed by atoms with van der Waals surface area (Å²) in [6.45, 7) is 4.42. The molecule has 5 aromatic rings. The van der Waals surface area contributed by atoms with Crippen LogP contribution >= 0.6 is 0 Å². The van der Waals surface area contributed by atoms with Crippen molar-refractivity contribution in [2.75, 3.05) is 5.32 Å². The summed E-state index contributed by atoms with van der Waals surface area (Å²) < 4.78 is 3.52. The molecule has 0 unspecified atom stereocenters. The van der Waals surface area contributed by atoms with Gasteiger partial charge >= 0.3 is 0 Å². The smallest absolute Gasteiger partial charge is 0.274 e. The van der Waals surface area contributed by atoms with E-state index in [9.17, 15) is 10.1 Å². The van der Waals surface area contributed by atoms with Crippen molar-refractivity contribution < 1.29 is 4.79 Å². The molecule has 4 heterocycles. The number of hydrogen-bond acceptors (Lipinski definition) is 5. The molecule has 0 saturated carbocycles. The fourth-order valence-corrected chi connectivity index (χ4v) is 3.89. The second kappa shape index (κ2) is 7.63. The van der Waals surface area contributed by atoms with E-state index in [1.165, 1.54) is 6.20 Å². The highest BCUT2D eigenvalue weighted by molar-refractivity contribution is 6.08. The topological polar surface area (TPSA) is 101 Å². The van der Waals surface area contributed by atoms with Crippen molar-refractivity contribution in [3.63, 3.8) is 0 Å². The Hall–Kier alpha value is -4.51. The minimum absolute atomic E-state index is 0.312. The molecule has 0 aliphatic carbocycles. The molecule has 5 rings (SSSR count). The van der Waals surface area contributed by atoms with E-state index in [4.69, 9.17) is 0 Å². The Morgan fingerprint density at radius 2 is 1.97 bits per heavy atom. The van der Waals surface area contributed by atoms with Gasteiger partial charge in [-0.05, 0) is 50.2 Å². The molecule has 8 nitrogen and oxygen atoms in total. The molecule has 0 aliphatic heterocycles.